The molecule has 0 radical (unpaired) electrons. The van der Waals surface area contributed by atoms with Gasteiger partial charge in [0, 0.05) is 22.0 Å². The normalized spacial score (nSPS) is 12.1. The van der Waals surface area contributed by atoms with Crippen LogP contribution in [0, 0.1) is 0 Å². The number of halogens is 2. The highest BCUT2D eigenvalue weighted by atomic mass is 35.5. The van der Waals surface area contributed by atoms with Crippen LogP contribution < -0.4 is 0 Å². The smallest absolute Gasteiger partial charge is 0.215 e. The van der Waals surface area contributed by atoms with Crippen LogP contribution >= 0.6 is 46.3 Å². The van der Waals surface area contributed by atoms with Gasteiger partial charge in [0.25, 0.3) is 0 Å². The van der Waals surface area contributed by atoms with Gasteiger partial charge in [0.15, 0.2) is 5.17 Å². The fourth-order valence-corrected chi connectivity index (χ4v) is 4.49. The highest BCUT2D eigenvalue weighted by Gasteiger charge is 2.09. The molecule has 2 aromatic carbocycles. The lowest BCUT2D eigenvalue weighted by molar-refractivity contribution is -0.113. The summed E-state index contributed by atoms with van der Waals surface area (Å²) in [6, 6.07) is 17.1. The third kappa shape index (κ3) is 6.21. The number of amidine groups is 1. The Morgan fingerprint density at radius 3 is 2.28 bits per heavy atom. The molecule has 1 amide bonds. The monoisotopic (exact) mass is 460 g/mol. The molecule has 0 unspecified atom stereocenters. The molecule has 3 rings (SSSR count). The van der Waals surface area contributed by atoms with Crippen LogP contribution in [0.4, 0.5) is 5.69 Å². The number of benzene rings is 2. The van der Waals surface area contributed by atoms with Crippen molar-refractivity contribution in [3.8, 4) is 11.1 Å². The summed E-state index contributed by atoms with van der Waals surface area (Å²) in [6.07, 6.45) is 2.84. The zero-order valence-corrected chi connectivity index (χ0v) is 18.9. The molecule has 0 aliphatic heterocycles. The van der Waals surface area contributed by atoms with Crippen molar-refractivity contribution >= 4 is 69.6 Å². The summed E-state index contributed by atoms with van der Waals surface area (Å²) in [5, 5.41) is 4.08. The molecule has 7 heteroatoms. The van der Waals surface area contributed by atoms with E-state index in [1.807, 2.05) is 43.3 Å². The van der Waals surface area contributed by atoms with E-state index in [9.17, 15) is 4.79 Å². The summed E-state index contributed by atoms with van der Waals surface area (Å²) < 4.78 is 0. The molecular weight excluding hydrogens is 443 g/mol. The van der Waals surface area contributed by atoms with Gasteiger partial charge in [-0.15, -0.1) is 11.3 Å². The van der Waals surface area contributed by atoms with E-state index in [1.54, 1.807) is 30.5 Å². The summed E-state index contributed by atoms with van der Waals surface area (Å²) in [5.74, 6) is 0. The summed E-state index contributed by atoms with van der Waals surface area (Å²) in [5.41, 5.74) is 3.01. The van der Waals surface area contributed by atoms with Gasteiger partial charge in [-0.05, 0) is 76.9 Å². The number of rotatable bonds is 5. The molecule has 0 spiro atoms. The maximum atomic E-state index is 11.3. The van der Waals surface area contributed by atoms with E-state index in [1.165, 1.54) is 16.7 Å². The molecule has 0 atom stereocenters. The molecule has 0 N–H and O–H groups in total. The number of hydrogen-bond acceptors (Lipinski definition) is 4. The van der Waals surface area contributed by atoms with Crippen molar-refractivity contribution in [2.24, 2.45) is 4.99 Å². The Labute approximate surface area is 188 Å². The van der Waals surface area contributed by atoms with Gasteiger partial charge in [-0.3, -0.25) is 9.69 Å². The van der Waals surface area contributed by atoms with Crippen LogP contribution in [0.1, 0.15) is 11.8 Å². The fourth-order valence-electron chi connectivity index (χ4n) is 2.44. The van der Waals surface area contributed by atoms with E-state index >= 15 is 0 Å². The van der Waals surface area contributed by atoms with Crippen LogP contribution in [0.2, 0.25) is 10.0 Å². The predicted octanol–water partition coefficient (Wildman–Crippen LogP) is 7.59. The maximum absolute atomic E-state index is 11.3. The zero-order chi connectivity index (χ0) is 20.8. The van der Waals surface area contributed by atoms with Gasteiger partial charge in [0.05, 0.1) is 5.69 Å². The summed E-state index contributed by atoms with van der Waals surface area (Å²) in [6.45, 7) is 2.00. The van der Waals surface area contributed by atoms with Crippen LogP contribution in [0.5, 0.6) is 0 Å². The zero-order valence-electron chi connectivity index (χ0n) is 15.8. The first-order valence-corrected chi connectivity index (χ1v) is 11.1. The van der Waals surface area contributed by atoms with E-state index < -0.39 is 0 Å². The number of nitrogens with zero attached hydrogens (tertiary/aromatic N) is 2. The summed E-state index contributed by atoms with van der Waals surface area (Å²) >= 11 is 15.0. The first-order valence-electron chi connectivity index (χ1n) is 8.67. The first kappa shape index (κ1) is 21.7. The standard InChI is InChI=1S/C22H18Cl2N2OS2/c1-15(11-21-12-17(13-28-21)16-3-5-18(23)6-4-16)29-22(26(2)14-27)25-20-9-7-19(24)8-10-20/h3-14H,1-2H3/b15-11-,25-22?. The average molecular weight is 461 g/mol. The molecule has 0 fully saturated rings. The van der Waals surface area contributed by atoms with Crippen LogP contribution in [0.25, 0.3) is 17.2 Å². The van der Waals surface area contributed by atoms with Gasteiger partial charge < -0.3 is 0 Å². The number of allylic oxidation sites excluding steroid dienone is 1. The minimum Gasteiger partial charge on any atom is -0.297 e. The van der Waals surface area contributed by atoms with E-state index in [4.69, 9.17) is 23.2 Å². The van der Waals surface area contributed by atoms with Gasteiger partial charge in [-0.1, -0.05) is 47.1 Å². The van der Waals surface area contributed by atoms with Crippen LogP contribution in [-0.2, 0) is 4.79 Å². The second-order valence-electron chi connectivity index (χ2n) is 6.19. The van der Waals surface area contributed by atoms with E-state index in [2.05, 4.69) is 22.5 Å². The van der Waals surface area contributed by atoms with Gasteiger partial charge >= 0.3 is 0 Å². The summed E-state index contributed by atoms with van der Waals surface area (Å²) in [4.78, 5) is 19.5. The van der Waals surface area contributed by atoms with Crippen molar-refractivity contribution in [1.29, 1.82) is 0 Å². The van der Waals surface area contributed by atoms with Gasteiger partial charge in [0.1, 0.15) is 0 Å². The predicted molar refractivity (Wildman–Crippen MR) is 128 cm³/mol. The first-order chi connectivity index (χ1) is 13.9. The molecule has 0 aliphatic carbocycles. The molecule has 1 aromatic heterocycles. The van der Waals surface area contributed by atoms with Crippen molar-refractivity contribution in [2.75, 3.05) is 7.05 Å². The van der Waals surface area contributed by atoms with Crippen molar-refractivity contribution in [1.82, 2.24) is 4.90 Å². The van der Waals surface area contributed by atoms with Crippen molar-refractivity contribution in [3.05, 3.63) is 79.8 Å². The highest BCUT2D eigenvalue weighted by Crippen LogP contribution is 2.30. The number of thioether (sulfide) groups is 1. The topological polar surface area (TPSA) is 32.7 Å². The minimum absolute atomic E-state index is 0.588. The van der Waals surface area contributed by atoms with Gasteiger partial charge in [-0.2, -0.15) is 0 Å². The van der Waals surface area contributed by atoms with E-state index in [-0.39, 0.29) is 0 Å². The fraction of sp³-hybridized carbons (Fsp3) is 0.0909. The van der Waals surface area contributed by atoms with Crippen LogP contribution in [0.3, 0.4) is 0 Å². The third-order valence-electron chi connectivity index (χ3n) is 3.91. The second kappa shape index (κ2) is 10.1. The molecule has 148 valence electrons. The van der Waals surface area contributed by atoms with Crippen molar-refractivity contribution in [2.45, 2.75) is 6.92 Å². The molecule has 0 saturated heterocycles. The molecule has 3 nitrogen and oxygen atoms in total. The van der Waals surface area contributed by atoms with Gasteiger partial charge in [0.2, 0.25) is 6.41 Å². The lowest BCUT2D eigenvalue weighted by atomic mass is 10.1. The SMILES string of the molecule is C/C(=C/c1cc(-c2ccc(Cl)cc2)cs1)SC(=Nc1ccc(Cl)cc1)N(C)C=O. The molecule has 3 aromatic rings. The molecule has 0 aliphatic rings. The number of amides is 1. The Morgan fingerprint density at radius 1 is 1.03 bits per heavy atom. The number of carbonyl (C=O) groups is 1. The van der Waals surface area contributed by atoms with Crippen molar-refractivity contribution in [3.63, 3.8) is 0 Å². The van der Waals surface area contributed by atoms with E-state index in [0.717, 1.165) is 38.0 Å². The Kier molecular flexibility index (Phi) is 7.56. The Bertz CT molecular complexity index is 1040. The van der Waals surface area contributed by atoms with E-state index in [0.29, 0.717) is 10.2 Å². The van der Waals surface area contributed by atoms with Crippen LogP contribution in [0.15, 0.2) is 69.9 Å². The quantitative estimate of drug-likeness (QED) is 0.223. The highest BCUT2D eigenvalue weighted by molar-refractivity contribution is 8.17. The van der Waals surface area contributed by atoms with Gasteiger partial charge in [-0.25, -0.2) is 4.99 Å². The Hall–Kier alpha value is -2.05. The van der Waals surface area contributed by atoms with Crippen LogP contribution in [-0.4, -0.2) is 23.5 Å². The average Bonchev–Trinajstić information content (AvgIpc) is 3.17. The maximum Gasteiger partial charge on any atom is 0.215 e. The number of carbonyl (C=O) groups excluding carboxylic acids is 1. The number of hydrogen-bond donors (Lipinski definition) is 0. The molecule has 29 heavy (non-hydrogen) atoms. The lowest BCUT2D eigenvalue weighted by Gasteiger charge is -2.13. The molecule has 0 bridgehead atoms. The number of aliphatic imine (C=N–C) groups is 1. The molecule has 1 heterocycles. The number of thiophene rings is 1. The van der Waals surface area contributed by atoms with Crippen molar-refractivity contribution < 1.29 is 4.79 Å². The lowest BCUT2D eigenvalue weighted by Crippen LogP contribution is -2.21. The molecule has 0 saturated carbocycles. The second-order valence-corrected chi connectivity index (χ2v) is 9.22. The molecular formula is C22H18Cl2N2OS2. The largest absolute Gasteiger partial charge is 0.297 e. The Morgan fingerprint density at radius 2 is 1.66 bits per heavy atom. The third-order valence-corrected chi connectivity index (χ3v) is 6.29. The summed E-state index contributed by atoms with van der Waals surface area (Å²) in [7, 11) is 1.69. The minimum atomic E-state index is 0.588. The Balaban J connectivity index is 1.79.